The molecule has 38 heavy (non-hydrogen) atoms. The number of urea groups is 1. The van der Waals surface area contributed by atoms with Gasteiger partial charge in [-0.15, -0.1) is 0 Å². The van der Waals surface area contributed by atoms with Gasteiger partial charge in [0.15, 0.2) is 5.76 Å². The second-order valence-electron chi connectivity index (χ2n) is 9.82. The second-order valence-corrected chi connectivity index (χ2v) is 9.82. The van der Waals surface area contributed by atoms with Gasteiger partial charge in [0.05, 0.1) is 18.8 Å². The molecular formula is C29H34N4O5. The monoisotopic (exact) mass is 518 g/mol. The van der Waals surface area contributed by atoms with Crippen LogP contribution in [0.1, 0.15) is 40.9 Å². The minimum atomic E-state index is -0.359. The van der Waals surface area contributed by atoms with Crippen LogP contribution in [0.25, 0.3) is 17.0 Å². The van der Waals surface area contributed by atoms with Gasteiger partial charge in [0.1, 0.15) is 11.5 Å². The highest BCUT2D eigenvalue weighted by Gasteiger charge is 2.29. The number of allylic oxidation sites excluding steroid dienone is 1. The van der Waals surface area contributed by atoms with E-state index in [1.165, 1.54) is 7.05 Å². The maximum atomic E-state index is 13.3. The number of hydrogen-bond donors (Lipinski definition) is 3. The number of carbonyl (C=O) groups excluding carboxylic acids is 2. The molecule has 0 radical (unpaired) electrons. The van der Waals surface area contributed by atoms with Gasteiger partial charge in [0.2, 0.25) is 5.78 Å². The van der Waals surface area contributed by atoms with Crippen molar-refractivity contribution in [3.8, 4) is 11.5 Å². The van der Waals surface area contributed by atoms with E-state index < -0.39 is 0 Å². The van der Waals surface area contributed by atoms with Crippen LogP contribution in [0.4, 0.5) is 10.5 Å². The van der Waals surface area contributed by atoms with Crippen molar-refractivity contribution in [2.75, 3.05) is 39.1 Å². The zero-order chi connectivity index (χ0) is 26.8. The van der Waals surface area contributed by atoms with Gasteiger partial charge < -0.3 is 34.7 Å². The van der Waals surface area contributed by atoms with Gasteiger partial charge in [-0.25, -0.2) is 4.79 Å². The van der Waals surface area contributed by atoms with E-state index in [0.29, 0.717) is 17.0 Å². The van der Waals surface area contributed by atoms with Crippen LogP contribution in [-0.2, 0) is 6.54 Å². The lowest BCUT2D eigenvalue weighted by Crippen LogP contribution is -2.36. The number of ether oxygens (including phenoxy) is 2. The van der Waals surface area contributed by atoms with Crippen LogP contribution >= 0.6 is 0 Å². The highest BCUT2D eigenvalue weighted by atomic mass is 16.5. The zero-order valence-corrected chi connectivity index (χ0v) is 22.0. The van der Waals surface area contributed by atoms with E-state index in [1.807, 2.05) is 18.2 Å². The number of hydrogen-bond acceptors (Lipinski definition) is 6. The molecule has 0 saturated carbocycles. The van der Waals surface area contributed by atoms with Crippen LogP contribution in [0.15, 0.2) is 42.2 Å². The SMILES string of the molecule is CNC(=O)Nc1ccc2c(c1)C(=O)/C(=C/c1c(C)n(CCCN3CCC(O)CC3)c3ccc(OC)cc13)O2. The van der Waals surface area contributed by atoms with Crippen LogP contribution in [0.2, 0.25) is 0 Å². The molecule has 0 bridgehead atoms. The zero-order valence-electron chi connectivity index (χ0n) is 22.0. The summed E-state index contributed by atoms with van der Waals surface area (Å²) in [5, 5.41) is 16.0. The third-order valence-corrected chi connectivity index (χ3v) is 7.42. The number of piperidine rings is 1. The molecular weight excluding hydrogens is 484 g/mol. The number of aliphatic hydroxyl groups excluding tert-OH is 1. The van der Waals surface area contributed by atoms with Gasteiger partial charge in [0, 0.05) is 54.5 Å². The number of aryl methyl sites for hydroxylation is 1. The van der Waals surface area contributed by atoms with Crippen LogP contribution in [0.3, 0.4) is 0 Å². The van der Waals surface area contributed by atoms with Crippen LogP contribution < -0.4 is 20.1 Å². The number of rotatable bonds is 7. The predicted molar refractivity (Wildman–Crippen MR) is 147 cm³/mol. The largest absolute Gasteiger partial charge is 0.497 e. The standard InChI is InChI=1S/C29H34N4O5/c1-18-22(17-27-28(35)24-15-19(31-29(36)30-2)5-8-26(24)38-27)23-16-21(37-3)6-7-25(23)33(18)12-4-11-32-13-9-20(34)10-14-32/h5-8,15-17,20,34H,4,9-14H2,1-3H3,(H2,30,31,36)/b27-17-. The number of nitrogens with zero attached hydrogens (tertiary/aromatic N) is 2. The Labute approximate surface area is 222 Å². The van der Waals surface area contributed by atoms with Crippen molar-refractivity contribution >= 4 is 34.5 Å². The van der Waals surface area contributed by atoms with Gasteiger partial charge in [0.25, 0.3) is 0 Å². The highest BCUT2D eigenvalue weighted by molar-refractivity contribution is 6.16. The molecule has 1 aromatic heterocycles. The Hall–Kier alpha value is -3.82. The maximum Gasteiger partial charge on any atom is 0.318 e. The number of nitrogens with one attached hydrogen (secondary N) is 2. The fraction of sp³-hybridized carbons (Fsp3) is 0.379. The topological polar surface area (TPSA) is 105 Å². The summed E-state index contributed by atoms with van der Waals surface area (Å²) in [5.41, 5.74) is 3.96. The predicted octanol–water partition coefficient (Wildman–Crippen LogP) is 4.17. The van der Waals surface area contributed by atoms with Crippen LogP contribution in [0.5, 0.6) is 11.5 Å². The first kappa shape index (κ1) is 25.8. The third-order valence-electron chi connectivity index (χ3n) is 7.42. The Morgan fingerprint density at radius 2 is 1.97 bits per heavy atom. The summed E-state index contributed by atoms with van der Waals surface area (Å²) >= 11 is 0. The second kappa shape index (κ2) is 10.9. The average Bonchev–Trinajstić information content (AvgIpc) is 3.37. The quantitative estimate of drug-likeness (QED) is 0.406. The number of aromatic nitrogens is 1. The Bertz CT molecular complexity index is 1400. The molecule has 200 valence electrons. The van der Waals surface area contributed by atoms with Crippen LogP contribution in [-0.4, -0.2) is 66.3 Å². The Morgan fingerprint density at radius 3 is 2.71 bits per heavy atom. The first-order valence-electron chi connectivity index (χ1n) is 13.0. The molecule has 2 aromatic carbocycles. The van der Waals surface area contributed by atoms with Crippen molar-refractivity contribution in [1.82, 2.24) is 14.8 Å². The van der Waals surface area contributed by atoms with E-state index in [-0.39, 0.29) is 23.7 Å². The lowest BCUT2D eigenvalue weighted by molar-refractivity contribution is 0.0815. The molecule has 0 unspecified atom stereocenters. The summed E-state index contributed by atoms with van der Waals surface area (Å²) in [6.45, 7) is 5.74. The number of Topliss-reactive ketones (excluding diaryl/α,β-unsaturated/α-hetero) is 1. The molecule has 1 saturated heterocycles. The van der Waals surface area contributed by atoms with E-state index in [4.69, 9.17) is 9.47 Å². The van der Waals surface area contributed by atoms with Crippen molar-refractivity contribution in [1.29, 1.82) is 0 Å². The molecule has 2 aliphatic rings. The summed E-state index contributed by atoms with van der Waals surface area (Å²) < 4.78 is 13.8. The summed E-state index contributed by atoms with van der Waals surface area (Å²) in [6.07, 6.45) is 4.29. The number of benzene rings is 2. The summed E-state index contributed by atoms with van der Waals surface area (Å²) in [6, 6.07) is 10.7. The first-order chi connectivity index (χ1) is 18.4. The van der Waals surface area contributed by atoms with E-state index in [9.17, 15) is 14.7 Å². The molecule has 3 aromatic rings. The van der Waals surface area contributed by atoms with Crippen LogP contribution in [0, 0.1) is 6.92 Å². The van der Waals surface area contributed by atoms with Gasteiger partial charge >= 0.3 is 6.03 Å². The molecule has 3 heterocycles. The summed E-state index contributed by atoms with van der Waals surface area (Å²) in [4.78, 5) is 27.4. The fourth-order valence-corrected chi connectivity index (χ4v) is 5.27. The Kier molecular flexibility index (Phi) is 7.40. The third kappa shape index (κ3) is 5.12. The van der Waals surface area contributed by atoms with E-state index in [2.05, 4.69) is 33.1 Å². The number of methoxy groups -OCH3 is 1. The van der Waals surface area contributed by atoms with E-state index in [1.54, 1.807) is 25.3 Å². The average molecular weight is 519 g/mol. The smallest absolute Gasteiger partial charge is 0.318 e. The minimum absolute atomic E-state index is 0.169. The molecule has 3 N–H and O–H groups in total. The molecule has 0 atom stereocenters. The minimum Gasteiger partial charge on any atom is -0.497 e. The van der Waals surface area contributed by atoms with Crippen molar-refractivity contribution < 1.29 is 24.2 Å². The van der Waals surface area contributed by atoms with E-state index >= 15 is 0 Å². The highest BCUT2D eigenvalue weighted by Crippen LogP contribution is 2.37. The van der Waals surface area contributed by atoms with E-state index in [0.717, 1.165) is 73.4 Å². The summed E-state index contributed by atoms with van der Waals surface area (Å²) in [5.74, 6) is 1.23. The van der Waals surface area contributed by atoms with Gasteiger partial charge in [-0.3, -0.25) is 4.79 Å². The van der Waals surface area contributed by atoms with Crippen molar-refractivity contribution in [2.45, 2.75) is 38.8 Å². The number of amides is 2. The number of aliphatic hydroxyl groups is 1. The van der Waals surface area contributed by atoms with Gasteiger partial charge in [-0.1, -0.05) is 0 Å². The number of ketones is 1. The lowest BCUT2D eigenvalue weighted by Gasteiger charge is -2.29. The number of likely N-dealkylation sites (tertiary alicyclic amines) is 1. The number of anilines is 1. The Morgan fingerprint density at radius 1 is 1.18 bits per heavy atom. The summed E-state index contributed by atoms with van der Waals surface area (Å²) in [7, 11) is 3.17. The lowest BCUT2D eigenvalue weighted by atomic mass is 10.1. The van der Waals surface area contributed by atoms with Crippen molar-refractivity contribution in [3.05, 3.63) is 59.0 Å². The maximum absolute atomic E-state index is 13.3. The number of carbonyl (C=O) groups is 2. The van der Waals surface area contributed by atoms with Crippen molar-refractivity contribution in [2.24, 2.45) is 0 Å². The molecule has 2 aliphatic heterocycles. The Balaban J connectivity index is 1.42. The molecule has 1 fully saturated rings. The number of fused-ring (bicyclic) bond motifs is 2. The normalized spacial score (nSPS) is 17.1. The molecule has 9 nitrogen and oxygen atoms in total. The molecule has 9 heteroatoms. The first-order valence-corrected chi connectivity index (χ1v) is 13.0. The fourth-order valence-electron chi connectivity index (χ4n) is 5.27. The van der Waals surface area contributed by atoms with Gasteiger partial charge in [-0.05, 0) is 75.2 Å². The molecule has 0 aliphatic carbocycles. The molecule has 2 amide bonds. The van der Waals surface area contributed by atoms with Gasteiger partial charge in [-0.2, -0.15) is 0 Å². The molecule has 5 rings (SSSR count). The van der Waals surface area contributed by atoms with Crippen molar-refractivity contribution in [3.63, 3.8) is 0 Å². The molecule has 0 spiro atoms.